The second kappa shape index (κ2) is 6.17. The summed E-state index contributed by atoms with van der Waals surface area (Å²) >= 11 is 9.66. The molecule has 1 fully saturated rings. The second-order valence-electron chi connectivity index (χ2n) is 6.94. The molecule has 1 aliphatic heterocycles. The molecule has 21 heavy (non-hydrogen) atoms. The minimum absolute atomic E-state index is 0.152. The first-order valence-corrected chi connectivity index (χ1v) is 8.40. The minimum atomic E-state index is -0.186. The van der Waals surface area contributed by atoms with Gasteiger partial charge in [0, 0.05) is 35.2 Å². The molecule has 2 N–H and O–H groups in total. The Morgan fingerprint density at radius 3 is 2.33 bits per heavy atom. The Kier molecular flexibility index (Phi) is 5.06. The highest BCUT2D eigenvalue weighted by Crippen LogP contribution is 2.36. The molecule has 0 saturated carbocycles. The van der Waals surface area contributed by atoms with Gasteiger partial charge in [0.1, 0.15) is 0 Å². The molecule has 1 heterocycles. The summed E-state index contributed by atoms with van der Waals surface area (Å²) in [4.78, 5) is 2.41. The van der Waals surface area contributed by atoms with Gasteiger partial charge in [0.05, 0.1) is 11.2 Å². The van der Waals surface area contributed by atoms with Crippen molar-refractivity contribution in [1.82, 2.24) is 4.90 Å². The number of hydrogen-bond donors (Lipinski definition) is 1. The Bertz CT molecular complexity index is 503. The van der Waals surface area contributed by atoms with Crippen LogP contribution < -0.4 is 5.73 Å². The highest BCUT2D eigenvalue weighted by molar-refractivity contribution is 9.10. The number of morpholine rings is 1. The summed E-state index contributed by atoms with van der Waals surface area (Å²) < 4.78 is 7.16. The summed E-state index contributed by atoms with van der Waals surface area (Å²) in [6.07, 6.45) is 0. The molecule has 0 aliphatic carbocycles. The third kappa shape index (κ3) is 4.20. The van der Waals surface area contributed by atoms with Gasteiger partial charge < -0.3 is 10.5 Å². The lowest BCUT2D eigenvalue weighted by Gasteiger charge is -2.49. The number of rotatable bonds is 3. The van der Waals surface area contributed by atoms with Crippen molar-refractivity contribution in [2.75, 3.05) is 19.6 Å². The van der Waals surface area contributed by atoms with E-state index in [1.807, 2.05) is 12.1 Å². The van der Waals surface area contributed by atoms with E-state index in [2.05, 4.69) is 54.6 Å². The number of halogens is 2. The predicted octanol–water partition coefficient (Wildman–Crippen LogP) is 3.99. The Hall–Kier alpha value is -0.130. The molecular formula is C16H24BrClN2O. The molecule has 0 spiro atoms. The largest absolute Gasteiger partial charge is 0.367 e. The van der Waals surface area contributed by atoms with E-state index in [1.54, 1.807) is 0 Å². The van der Waals surface area contributed by atoms with Crippen LogP contribution in [-0.4, -0.2) is 35.7 Å². The monoisotopic (exact) mass is 374 g/mol. The van der Waals surface area contributed by atoms with E-state index in [0.29, 0.717) is 6.54 Å². The average Bonchev–Trinajstić information content (AvgIpc) is 2.28. The van der Waals surface area contributed by atoms with Gasteiger partial charge >= 0.3 is 0 Å². The number of ether oxygens (including phenoxy) is 1. The van der Waals surface area contributed by atoms with Gasteiger partial charge in [-0.3, -0.25) is 4.90 Å². The Morgan fingerprint density at radius 1 is 1.29 bits per heavy atom. The van der Waals surface area contributed by atoms with Crippen LogP contribution in [-0.2, 0) is 4.74 Å². The predicted molar refractivity (Wildman–Crippen MR) is 91.8 cm³/mol. The number of hydrogen-bond acceptors (Lipinski definition) is 3. The zero-order valence-corrected chi connectivity index (χ0v) is 15.5. The fourth-order valence-corrected chi connectivity index (χ4v) is 4.26. The van der Waals surface area contributed by atoms with E-state index in [1.165, 1.54) is 5.56 Å². The maximum atomic E-state index is 6.16. The molecule has 0 bridgehead atoms. The van der Waals surface area contributed by atoms with Crippen LogP contribution in [0, 0.1) is 0 Å². The molecule has 0 radical (unpaired) electrons. The van der Waals surface area contributed by atoms with E-state index >= 15 is 0 Å². The van der Waals surface area contributed by atoms with E-state index in [0.717, 1.165) is 22.6 Å². The van der Waals surface area contributed by atoms with E-state index < -0.39 is 0 Å². The summed E-state index contributed by atoms with van der Waals surface area (Å²) in [7, 11) is 0. The molecule has 1 atom stereocenters. The third-order valence-electron chi connectivity index (χ3n) is 3.71. The maximum Gasteiger partial charge on any atom is 0.0761 e. The van der Waals surface area contributed by atoms with Gasteiger partial charge in [-0.25, -0.2) is 0 Å². The lowest BCUT2D eigenvalue weighted by Crippen LogP contribution is -2.58. The Balaban J connectivity index is 2.32. The number of nitrogens with zero attached hydrogens (tertiary/aromatic N) is 1. The van der Waals surface area contributed by atoms with E-state index in [9.17, 15) is 0 Å². The van der Waals surface area contributed by atoms with Crippen LogP contribution in [0.2, 0.25) is 5.02 Å². The van der Waals surface area contributed by atoms with Gasteiger partial charge in [0.2, 0.25) is 0 Å². The first kappa shape index (κ1) is 17.2. The molecule has 0 amide bonds. The molecule has 3 nitrogen and oxygen atoms in total. The van der Waals surface area contributed by atoms with Crippen LogP contribution >= 0.6 is 27.5 Å². The molecule has 5 heteroatoms. The SMILES string of the molecule is CC1(C)CN(C(CN)c2ccc(Cl)cc2Br)CC(C)(C)O1. The van der Waals surface area contributed by atoms with E-state index in [-0.39, 0.29) is 17.2 Å². The van der Waals surface area contributed by atoms with Crippen LogP contribution in [0.15, 0.2) is 22.7 Å². The van der Waals surface area contributed by atoms with Crippen molar-refractivity contribution in [2.24, 2.45) is 5.73 Å². The Labute approximate surface area is 140 Å². The summed E-state index contributed by atoms with van der Waals surface area (Å²) in [5.41, 5.74) is 6.89. The van der Waals surface area contributed by atoms with Crippen LogP contribution in [0.25, 0.3) is 0 Å². The summed E-state index contributed by atoms with van der Waals surface area (Å²) in [5, 5.41) is 0.726. The molecule has 1 aromatic rings. The van der Waals surface area contributed by atoms with Crippen LogP contribution in [0.3, 0.4) is 0 Å². The zero-order valence-electron chi connectivity index (χ0n) is 13.1. The molecule has 118 valence electrons. The normalized spacial score (nSPS) is 23.0. The van der Waals surface area contributed by atoms with Gasteiger partial charge in [0.25, 0.3) is 0 Å². The number of benzene rings is 1. The fourth-order valence-electron chi connectivity index (χ4n) is 3.31. The maximum absolute atomic E-state index is 6.16. The van der Waals surface area contributed by atoms with Crippen molar-refractivity contribution in [3.05, 3.63) is 33.3 Å². The second-order valence-corrected chi connectivity index (χ2v) is 8.23. The molecule has 1 aromatic carbocycles. The zero-order chi connectivity index (χ0) is 15.8. The first-order valence-electron chi connectivity index (χ1n) is 7.23. The quantitative estimate of drug-likeness (QED) is 0.868. The average molecular weight is 376 g/mol. The van der Waals surface area contributed by atoms with Crippen molar-refractivity contribution in [3.8, 4) is 0 Å². The first-order chi connectivity index (χ1) is 9.63. The standard InChI is InChI=1S/C16H24BrClN2O/c1-15(2)9-20(10-16(3,4)21-15)14(8-19)12-6-5-11(18)7-13(12)17/h5-7,14H,8-10,19H2,1-4H3. The van der Waals surface area contributed by atoms with Crippen LogP contribution in [0.1, 0.15) is 39.3 Å². The highest BCUT2D eigenvalue weighted by atomic mass is 79.9. The molecule has 0 aromatic heterocycles. The van der Waals surface area contributed by atoms with Gasteiger partial charge in [-0.05, 0) is 45.4 Å². The summed E-state index contributed by atoms with van der Waals surface area (Å²) in [5.74, 6) is 0. The van der Waals surface area contributed by atoms with Crippen LogP contribution in [0.5, 0.6) is 0 Å². The lowest BCUT2D eigenvalue weighted by atomic mass is 9.95. The summed E-state index contributed by atoms with van der Waals surface area (Å²) in [6.45, 7) is 10.8. The van der Waals surface area contributed by atoms with Crippen molar-refractivity contribution in [2.45, 2.75) is 44.9 Å². The van der Waals surface area contributed by atoms with Gasteiger partial charge in [-0.15, -0.1) is 0 Å². The molecule has 1 saturated heterocycles. The van der Waals surface area contributed by atoms with Gasteiger partial charge in [-0.2, -0.15) is 0 Å². The molecule has 1 aliphatic rings. The molecular weight excluding hydrogens is 352 g/mol. The summed E-state index contributed by atoms with van der Waals surface area (Å²) in [6, 6.07) is 6.05. The van der Waals surface area contributed by atoms with Gasteiger partial charge in [-0.1, -0.05) is 33.6 Å². The van der Waals surface area contributed by atoms with Crippen LogP contribution in [0.4, 0.5) is 0 Å². The third-order valence-corrected chi connectivity index (χ3v) is 4.63. The highest BCUT2D eigenvalue weighted by Gasteiger charge is 2.40. The van der Waals surface area contributed by atoms with Gasteiger partial charge in [0.15, 0.2) is 0 Å². The number of nitrogens with two attached hydrogens (primary N) is 1. The molecule has 1 unspecified atom stereocenters. The Morgan fingerprint density at radius 2 is 1.86 bits per heavy atom. The van der Waals surface area contributed by atoms with E-state index in [4.69, 9.17) is 22.1 Å². The molecule has 2 rings (SSSR count). The lowest BCUT2D eigenvalue weighted by molar-refractivity contribution is -0.187. The fraction of sp³-hybridized carbons (Fsp3) is 0.625. The smallest absolute Gasteiger partial charge is 0.0761 e. The van der Waals surface area contributed by atoms with Crippen molar-refractivity contribution in [1.29, 1.82) is 0 Å². The minimum Gasteiger partial charge on any atom is -0.367 e. The topological polar surface area (TPSA) is 38.5 Å². The van der Waals surface area contributed by atoms with Crippen molar-refractivity contribution in [3.63, 3.8) is 0 Å². The van der Waals surface area contributed by atoms with Crippen molar-refractivity contribution >= 4 is 27.5 Å². The van der Waals surface area contributed by atoms with Crippen molar-refractivity contribution < 1.29 is 4.74 Å².